The summed E-state index contributed by atoms with van der Waals surface area (Å²) in [6.45, 7) is 4.74. The number of benzene rings is 4. The van der Waals surface area contributed by atoms with E-state index in [0.29, 0.717) is 35.9 Å². The van der Waals surface area contributed by atoms with E-state index in [9.17, 15) is 18.4 Å². The van der Waals surface area contributed by atoms with Crippen LogP contribution in [-0.2, 0) is 6.61 Å². The first kappa shape index (κ1) is 29.5. The van der Waals surface area contributed by atoms with Gasteiger partial charge in [-0.25, -0.2) is 8.78 Å². The highest BCUT2D eigenvalue weighted by Crippen LogP contribution is 2.27. The van der Waals surface area contributed by atoms with Gasteiger partial charge in [-0.05, 0) is 55.3 Å². The van der Waals surface area contributed by atoms with Gasteiger partial charge in [0, 0.05) is 47.7 Å². The molecule has 0 N–H and O–H groups in total. The van der Waals surface area contributed by atoms with Crippen LogP contribution in [0.2, 0.25) is 0 Å². The topological polar surface area (TPSA) is 60.8 Å². The van der Waals surface area contributed by atoms with Gasteiger partial charge in [-0.3, -0.25) is 9.59 Å². The first-order valence-corrected chi connectivity index (χ1v) is 14.2. The van der Waals surface area contributed by atoms with Crippen molar-refractivity contribution in [2.45, 2.75) is 33.3 Å². The monoisotopic (exact) mass is 582 g/mol. The molecule has 6 nitrogen and oxygen atoms in total. The number of carbonyl (C=O) groups is 1. The minimum atomic E-state index is -0.819. The van der Waals surface area contributed by atoms with E-state index in [4.69, 9.17) is 9.47 Å². The van der Waals surface area contributed by atoms with Gasteiger partial charge in [0.25, 0.3) is 5.91 Å². The summed E-state index contributed by atoms with van der Waals surface area (Å²) in [5.74, 6) is -1.12. The molecule has 4 aromatic carbocycles. The van der Waals surface area contributed by atoms with Gasteiger partial charge in [0.15, 0.2) is 0 Å². The second-order valence-corrected chi connectivity index (χ2v) is 10.1. The predicted octanol–water partition coefficient (Wildman–Crippen LogP) is 7.69. The molecule has 1 amide bonds. The third kappa shape index (κ3) is 6.75. The summed E-state index contributed by atoms with van der Waals surface area (Å²) in [7, 11) is 0. The van der Waals surface area contributed by atoms with Crippen LogP contribution < -0.4 is 19.8 Å². The van der Waals surface area contributed by atoms with Gasteiger partial charge in [0.05, 0.1) is 12.1 Å². The molecule has 8 heteroatoms. The molecule has 0 saturated carbocycles. The summed E-state index contributed by atoms with van der Waals surface area (Å²) in [6.07, 6.45) is 3.36. The predicted molar refractivity (Wildman–Crippen MR) is 164 cm³/mol. The molecule has 0 aliphatic carbocycles. The summed E-state index contributed by atoms with van der Waals surface area (Å²) in [4.78, 5) is 28.8. The summed E-state index contributed by atoms with van der Waals surface area (Å²) < 4.78 is 41.8. The lowest BCUT2D eigenvalue weighted by molar-refractivity contribution is 0.0987. The molecular formula is C35H32F2N2O4. The molecule has 0 bridgehead atoms. The minimum Gasteiger partial charge on any atom is -0.494 e. The molecular weight excluding hydrogens is 550 g/mol. The Kier molecular flexibility index (Phi) is 9.15. The van der Waals surface area contributed by atoms with E-state index in [-0.39, 0.29) is 23.2 Å². The van der Waals surface area contributed by atoms with Gasteiger partial charge in [-0.1, -0.05) is 49.7 Å². The summed E-state index contributed by atoms with van der Waals surface area (Å²) >= 11 is 0. The van der Waals surface area contributed by atoms with E-state index in [1.54, 1.807) is 29.7 Å². The number of hydrogen-bond donors (Lipinski definition) is 0. The van der Waals surface area contributed by atoms with Crippen molar-refractivity contribution in [3.05, 3.63) is 130 Å². The molecule has 43 heavy (non-hydrogen) atoms. The smallest absolute Gasteiger partial charge is 0.263 e. The van der Waals surface area contributed by atoms with Gasteiger partial charge in [-0.15, -0.1) is 0 Å². The maximum absolute atomic E-state index is 14.1. The number of hydrogen-bond acceptors (Lipinski definition) is 4. The molecule has 0 aliphatic rings. The number of unbranched alkanes of at least 4 members (excludes halogenated alkanes) is 1. The number of anilines is 1. The van der Waals surface area contributed by atoms with Crippen molar-refractivity contribution in [3.63, 3.8) is 0 Å². The normalized spacial score (nSPS) is 11.0. The zero-order valence-electron chi connectivity index (χ0n) is 24.1. The van der Waals surface area contributed by atoms with Crippen molar-refractivity contribution in [2.75, 3.05) is 18.1 Å². The van der Waals surface area contributed by atoms with Crippen LogP contribution in [-0.4, -0.2) is 23.6 Å². The number of carbonyl (C=O) groups excluding carboxylic acids is 1. The number of amides is 1. The fraction of sp³-hybridized carbons (Fsp3) is 0.200. The van der Waals surface area contributed by atoms with Crippen molar-refractivity contribution < 1.29 is 23.0 Å². The van der Waals surface area contributed by atoms with Crippen molar-refractivity contribution in [2.24, 2.45) is 0 Å². The fourth-order valence-electron chi connectivity index (χ4n) is 4.84. The highest BCUT2D eigenvalue weighted by molar-refractivity contribution is 6.07. The van der Waals surface area contributed by atoms with E-state index in [1.165, 1.54) is 11.1 Å². The van der Waals surface area contributed by atoms with Crippen molar-refractivity contribution in [3.8, 4) is 17.2 Å². The fourth-order valence-corrected chi connectivity index (χ4v) is 4.84. The first-order chi connectivity index (χ1) is 20.9. The standard InChI is InChI=1S/C35H32F2N2O4/c1-3-5-16-42-29-13-9-12-27(20-29)39-22-32(35(41)38(4-2)28-18-25(36)17-26(37)19-28)34(40)31-15-14-30(21-33(31)39)43-23-24-10-7-6-8-11-24/h6-15,17-22H,3-5,16,23H2,1-2H3. The van der Waals surface area contributed by atoms with Crippen LogP contribution in [0.15, 0.2) is 102 Å². The van der Waals surface area contributed by atoms with Crippen molar-refractivity contribution >= 4 is 22.5 Å². The Morgan fingerprint density at radius 2 is 1.58 bits per heavy atom. The number of pyridine rings is 1. The second kappa shape index (κ2) is 13.3. The summed E-state index contributed by atoms with van der Waals surface area (Å²) in [6, 6.07) is 25.0. The number of nitrogens with zero attached hydrogens (tertiary/aromatic N) is 2. The molecule has 1 aromatic heterocycles. The van der Waals surface area contributed by atoms with E-state index in [2.05, 4.69) is 6.92 Å². The van der Waals surface area contributed by atoms with E-state index < -0.39 is 23.0 Å². The average molecular weight is 583 g/mol. The number of rotatable bonds is 11. The lowest BCUT2D eigenvalue weighted by atomic mass is 10.1. The van der Waals surface area contributed by atoms with Gasteiger partial charge < -0.3 is 18.9 Å². The van der Waals surface area contributed by atoms with Crippen molar-refractivity contribution in [1.82, 2.24) is 4.57 Å². The van der Waals surface area contributed by atoms with Crippen molar-refractivity contribution in [1.29, 1.82) is 0 Å². The zero-order valence-corrected chi connectivity index (χ0v) is 24.1. The SMILES string of the molecule is CCCCOc1cccc(-n2cc(C(=O)N(CC)c3cc(F)cc(F)c3)c(=O)c3ccc(OCc4ccccc4)cc32)c1. The maximum Gasteiger partial charge on any atom is 0.263 e. The van der Waals surface area contributed by atoms with E-state index in [0.717, 1.165) is 36.6 Å². The average Bonchev–Trinajstić information content (AvgIpc) is 3.01. The Morgan fingerprint density at radius 3 is 2.30 bits per heavy atom. The number of halogens is 2. The lowest BCUT2D eigenvalue weighted by Crippen LogP contribution is -2.35. The van der Waals surface area contributed by atoms with Crippen LogP contribution in [0.25, 0.3) is 16.6 Å². The van der Waals surface area contributed by atoms with E-state index in [1.807, 2.05) is 54.6 Å². The minimum absolute atomic E-state index is 0.0204. The largest absolute Gasteiger partial charge is 0.494 e. The third-order valence-corrected chi connectivity index (χ3v) is 7.04. The maximum atomic E-state index is 14.1. The van der Waals surface area contributed by atoms with Crippen LogP contribution in [0.4, 0.5) is 14.5 Å². The van der Waals surface area contributed by atoms with Gasteiger partial charge in [-0.2, -0.15) is 0 Å². The van der Waals surface area contributed by atoms with Crippen LogP contribution in [0.3, 0.4) is 0 Å². The zero-order chi connectivity index (χ0) is 30.3. The Bertz CT molecular complexity index is 1780. The Balaban J connectivity index is 1.62. The Labute approximate surface area is 248 Å². The van der Waals surface area contributed by atoms with Crippen LogP contribution >= 0.6 is 0 Å². The van der Waals surface area contributed by atoms with Crippen LogP contribution in [0.1, 0.15) is 42.6 Å². The molecule has 0 unspecified atom stereocenters. The van der Waals surface area contributed by atoms with Gasteiger partial charge >= 0.3 is 0 Å². The lowest BCUT2D eigenvalue weighted by Gasteiger charge is -2.22. The first-order valence-electron chi connectivity index (χ1n) is 14.2. The quantitative estimate of drug-likeness (QED) is 0.150. The highest BCUT2D eigenvalue weighted by Gasteiger charge is 2.23. The molecule has 0 fully saturated rings. The Morgan fingerprint density at radius 1 is 0.837 bits per heavy atom. The molecule has 5 aromatic rings. The summed E-state index contributed by atoms with van der Waals surface area (Å²) in [5, 5.41) is 0.289. The second-order valence-electron chi connectivity index (χ2n) is 10.1. The molecule has 0 spiro atoms. The Hall–Kier alpha value is -4.98. The molecule has 0 atom stereocenters. The van der Waals surface area contributed by atoms with Crippen LogP contribution in [0.5, 0.6) is 11.5 Å². The van der Waals surface area contributed by atoms with Gasteiger partial charge in [0.2, 0.25) is 5.43 Å². The molecule has 0 aliphatic heterocycles. The summed E-state index contributed by atoms with van der Waals surface area (Å²) in [5.41, 5.74) is 1.55. The highest BCUT2D eigenvalue weighted by atomic mass is 19.1. The molecule has 5 rings (SSSR count). The number of aromatic nitrogens is 1. The van der Waals surface area contributed by atoms with E-state index >= 15 is 0 Å². The molecule has 0 radical (unpaired) electrons. The molecule has 0 saturated heterocycles. The number of fused-ring (bicyclic) bond motifs is 1. The number of ether oxygens (including phenoxy) is 2. The van der Waals surface area contributed by atoms with Crippen LogP contribution in [0, 0.1) is 11.6 Å². The van der Waals surface area contributed by atoms with Gasteiger partial charge in [0.1, 0.15) is 35.3 Å². The molecule has 220 valence electrons. The third-order valence-electron chi connectivity index (χ3n) is 7.04. The molecule has 1 heterocycles.